The number of alkyl halides is 3. The summed E-state index contributed by atoms with van der Waals surface area (Å²) < 4.78 is 45.9. The molecule has 1 unspecified atom stereocenters. The first kappa shape index (κ1) is 14.4. The number of nitrogens with one attached hydrogen (secondary N) is 1. The summed E-state index contributed by atoms with van der Waals surface area (Å²) >= 11 is 0. The van der Waals surface area contributed by atoms with Gasteiger partial charge in [-0.2, -0.15) is 0 Å². The largest absolute Gasteiger partial charge is 0.573 e. The molecule has 0 amide bonds. The van der Waals surface area contributed by atoms with Gasteiger partial charge in [0, 0.05) is 0 Å². The Bertz CT molecular complexity index is 581. The summed E-state index contributed by atoms with van der Waals surface area (Å²) in [4.78, 5) is 0. The molecule has 4 nitrogen and oxygen atoms in total. The smallest absolute Gasteiger partial charge is 0.464 e. The van der Waals surface area contributed by atoms with E-state index in [1.165, 1.54) is 18.2 Å². The molecule has 0 aliphatic rings. The molecule has 0 spiro atoms. The molecule has 3 N–H and O–H groups in total. The number of ether oxygens (including phenoxy) is 1. The van der Waals surface area contributed by atoms with Crippen LogP contribution in [0.25, 0.3) is 0 Å². The number of hydrogen-bond acceptors (Lipinski definition) is 4. The standard InChI is InChI=1S/C13H13F3N2O2/c1-8-5-6-11(19-8)12(18-17)9-3-2-4-10(7-9)20-13(14,15)16/h2-7,12,18H,17H2,1H3. The van der Waals surface area contributed by atoms with Crippen molar-refractivity contribution >= 4 is 0 Å². The Kier molecular flexibility index (Phi) is 4.01. The Balaban J connectivity index is 2.29. The predicted molar refractivity (Wildman–Crippen MR) is 65.7 cm³/mol. The van der Waals surface area contributed by atoms with Crippen LogP contribution in [0.15, 0.2) is 40.8 Å². The van der Waals surface area contributed by atoms with Crippen molar-refractivity contribution in [3.05, 3.63) is 53.5 Å². The molecule has 2 rings (SSSR count). The Hall–Kier alpha value is -1.99. The highest BCUT2D eigenvalue weighted by Gasteiger charge is 2.31. The van der Waals surface area contributed by atoms with Crippen LogP contribution in [0.2, 0.25) is 0 Å². The van der Waals surface area contributed by atoms with Gasteiger partial charge in [-0.1, -0.05) is 12.1 Å². The van der Waals surface area contributed by atoms with Gasteiger partial charge in [0.15, 0.2) is 0 Å². The Morgan fingerprint density at radius 2 is 2.00 bits per heavy atom. The zero-order valence-corrected chi connectivity index (χ0v) is 10.6. The third kappa shape index (κ3) is 3.52. The second-order valence-electron chi connectivity index (χ2n) is 4.17. The van der Waals surface area contributed by atoms with E-state index in [4.69, 9.17) is 10.3 Å². The molecule has 0 radical (unpaired) electrons. The minimum Gasteiger partial charge on any atom is -0.464 e. The molecule has 0 fully saturated rings. The van der Waals surface area contributed by atoms with E-state index in [0.29, 0.717) is 17.1 Å². The van der Waals surface area contributed by atoms with E-state index in [0.717, 1.165) is 0 Å². The molecule has 0 aliphatic carbocycles. The van der Waals surface area contributed by atoms with Crippen molar-refractivity contribution in [3.63, 3.8) is 0 Å². The Morgan fingerprint density at radius 1 is 1.25 bits per heavy atom. The monoisotopic (exact) mass is 286 g/mol. The third-order valence-corrected chi connectivity index (χ3v) is 2.64. The van der Waals surface area contributed by atoms with Gasteiger partial charge in [-0.05, 0) is 36.8 Å². The maximum absolute atomic E-state index is 12.2. The topological polar surface area (TPSA) is 60.4 Å². The van der Waals surface area contributed by atoms with E-state index in [1.54, 1.807) is 25.1 Å². The molecule has 0 saturated heterocycles. The first-order valence-electron chi connectivity index (χ1n) is 5.77. The summed E-state index contributed by atoms with van der Waals surface area (Å²) in [5.41, 5.74) is 3.01. The van der Waals surface area contributed by atoms with E-state index in [1.807, 2.05) is 0 Å². The lowest BCUT2D eigenvalue weighted by atomic mass is 10.1. The lowest BCUT2D eigenvalue weighted by Gasteiger charge is -2.15. The second-order valence-corrected chi connectivity index (χ2v) is 4.17. The summed E-state index contributed by atoms with van der Waals surface area (Å²) in [7, 11) is 0. The fourth-order valence-corrected chi connectivity index (χ4v) is 1.84. The Morgan fingerprint density at radius 3 is 2.55 bits per heavy atom. The van der Waals surface area contributed by atoms with Gasteiger partial charge in [-0.25, -0.2) is 5.43 Å². The molecule has 0 saturated carbocycles. The summed E-state index contributed by atoms with van der Waals surface area (Å²) in [6, 6.07) is 8.46. The number of benzene rings is 1. The van der Waals surface area contributed by atoms with Gasteiger partial charge < -0.3 is 9.15 Å². The molecule has 0 bridgehead atoms. The van der Waals surface area contributed by atoms with E-state index < -0.39 is 12.4 Å². The van der Waals surface area contributed by atoms with Gasteiger partial charge in [-0.15, -0.1) is 13.2 Å². The van der Waals surface area contributed by atoms with Crippen LogP contribution in [-0.2, 0) is 0 Å². The quantitative estimate of drug-likeness (QED) is 0.670. The number of aryl methyl sites for hydroxylation is 1. The number of halogens is 3. The normalized spacial score (nSPS) is 13.2. The van der Waals surface area contributed by atoms with Crippen LogP contribution in [0.3, 0.4) is 0 Å². The number of hydrazine groups is 1. The van der Waals surface area contributed by atoms with Crippen molar-refractivity contribution in [2.75, 3.05) is 0 Å². The van der Waals surface area contributed by atoms with Gasteiger partial charge in [0.05, 0.1) is 0 Å². The predicted octanol–water partition coefficient (Wildman–Crippen LogP) is 3.04. The van der Waals surface area contributed by atoms with Gasteiger partial charge >= 0.3 is 6.36 Å². The van der Waals surface area contributed by atoms with Crippen LogP contribution in [0, 0.1) is 6.92 Å². The first-order valence-corrected chi connectivity index (χ1v) is 5.77. The molecule has 2 aromatic rings. The highest BCUT2D eigenvalue weighted by atomic mass is 19.4. The van der Waals surface area contributed by atoms with Crippen LogP contribution >= 0.6 is 0 Å². The van der Waals surface area contributed by atoms with Crippen molar-refractivity contribution in [2.24, 2.45) is 5.84 Å². The van der Waals surface area contributed by atoms with Crippen molar-refractivity contribution < 1.29 is 22.3 Å². The third-order valence-electron chi connectivity index (χ3n) is 2.64. The molecular weight excluding hydrogens is 273 g/mol. The molecule has 1 aromatic carbocycles. The maximum Gasteiger partial charge on any atom is 0.573 e. The van der Waals surface area contributed by atoms with Crippen molar-refractivity contribution in [3.8, 4) is 5.75 Å². The number of nitrogens with two attached hydrogens (primary N) is 1. The summed E-state index contributed by atoms with van der Waals surface area (Å²) in [5, 5.41) is 0. The molecule has 0 aliphatic heterocycles. The first-order chi connectivity index (χ1) is 9.39. The van der Waals surface area contributed by atoms with Gasteiger partial charge in [0.2, 0.25) is 0 Å². The lowest BCUT2D eigenvalue weighted by Crippen LogP contribution is -2.28. The highest BCUT2D eigenvalue weighted by molar-refractivity contribution is 5.34. The number of hydrogen-bond donors (Lipinski definition) is 2. The summed E-state index contributed by atoms with van der Waals surface area (Å²) in [5.74, 6) is 6.34. The fraction of sp³-hybridized carbons (Fsp3) is 0.231. The summed E-state index contributed by atoms with van der Waals surface area (Å²) in [6.07, 6.45) is -4.73. The van der Waals surface area contributed by atoms with Crippen LogP contribution in [0.1, 0.15) is 23.1 Å². The zero-order chi connectivity index (χ0) is 14.8. The van der Waals surface area contributed by atoms with Crippen LogP contribution in [0.4, 0.5) is 13.2 Å². The Labute approximate surface area is 113 Å². The number of rotatable bonds is 4. The molecule has 20 heavy (non-hydrogen) atoms. The second kappa shape index (κ2) is 5.56. The minimum atomic E-state index is -4.73. The van der Waals surface area contributed by atoms with E-state index in [2.05, 4.69) is 10.2 Å². The highest BCUT2D eigenvalue weighted by Crippen LogP contribution is 2.28. The van der Waals surface area contributed by atoms with Gasteiger partial charge in [0.1, 0.15) is 23.3 Å². The van der Waals surface area contributed by atoms with Gasteiger partial charge in [-0.3, -0.25) is 5.84 Å². The zero-order valence-electron chi connectivity index (χ0n) is 10.6. The molecule has 108 valence electrons. The number of furan rings is 1. The molecule has 1 heterocycles. The maximum atomic E-state index is 12.2. The minimum absolute atomic E-state index is 0.307. The van der Waals surface area contributed by atoms with Crippen molar-refractivity contribution in [1.29, 1.82) is 0 Å². The van der Waals surface area contributed by atoms with Crippen LogP contribution < -0.4 is 16.0 Å². The average Bonchev–Trinajstić information content (AvgIpc) is 2.75. The van der Waals surface area contributed by atoms with Gasteiger partial charge in [0.25, 0.3) is 0 Å². The summed E-state index contributed by atoms with van der Waals surface area (Å²) in [6.45, 7) is 1.76. The molecule has 1 aromatic heterocycles. The van der Waals surface area contributed by atoms with E-state index in [9.17, 15) is 13.2 Å². The fourth-order valence-electron chi connectivity index (χ4n) is 1.84. The average molecular weight is 286 g/mol. The lowest BCUT2D eigenvalue weighted by molar-refractivity contribution is -0.274. The van der Waals surface area contributed by atoms with Crippen LogP contribution in [-0.4, -0.2) is 6.36 Å². The molecule has 7 heteroatoms. The molecular formula is C13H13F3N2O2. The SMILES string of the molecule is Cc1ccc(C(NN)c2cccc(OC(F)(F)F)c2)o1. The van der Waals surface area contributed by atoms with Crippen molar-refractivity contribution in [1.82, 2.24) is 5.43 Å². The molecule has 1 atom stereocenters. The van der Waals surface area contributed by atoms with E-state index in [-0.39, 0.29) is 5.75 Å². The van der Waals surface area contributed by atoms with Crippen molar-refractivity contribution in [2.45, 2.75) is 19.3 Å². The van der Waals surface area contributed by atoms with Crippen LogP contribution in [0.5, 0.6) is 5.75 Å². The van der Waals surface area contributed by atoms with E-state index >= 15 is 0 Å².